The summed E-state index contributed by atoms with van der Waals surface area (Å²) < 4.78 is 5.49. The zero-order valence-corrected chi connectivity index (χ0v) is 14.2. The largest absolute Gasteiger partial charge is 0.465 e. The van der Waals surface area contributed by atoms with Crippen molar-refractivity contribution in [1.29, 1.82) is 0 Å². The van der Waals surface area contributed by atoms with Gasteiger partial charge in [0.15, 0.2) is 0 Å². The van der Waals surface area contributed by atoms with Crippen LogP contribution in [0.25, 0.3) is 0 Å². The van der Waals surface area contributed by atoms with Crippen molar-refractivity contribution in [3.8, 4) is 0 Å². The topological polar surface area (TPSA) is 46.5 Å². The molecule has 4 aliphatic rings. The lowest BCUT2D eigenvalue weighted by Gasteiger charge is -2.60. The Morgan fingerprint density at radius 2 is 1.77 bits per heavy atom. The second kappa shape index (κ2) is 4.49. The first-order valence-electron chi connectivity index (χ1n) is 9.16. The van der Waals surface area contributed by atoms with Crippen molar-refractivity contribution < 1.29 is 14.6 Å². The lowest BCUT2D eigenvalue weighted by molar-refractivity contribution is -0.186. The molecule has 0 bridgehead atoms. The molecule has 4 fully saturated rings. The third-order valence-electron chi connectivity index (χ3n) is 8.58. The van der Waals surface area contributed by atoms with Crippen LogP contribution in [-0.2, 0) is 9.53 Å². The molecule has 1 heterocycles. The van der Waals surface area contributed by atoms with Crippen LogP contribution in [0.5, 0.6) is 0 Å². The molecule has 0 aromatic heterocycles. The predicted molar refractivity (Wildman–Crippen MR) is 84.1 cm³/mol. The van der Waals surface area contributed by atoms with Crippen LogP contribution < -0.4 is 0 Å². The molecule has 124 valence electrons. The van der Waals surface area contributed by atoms with Crippen molar-refractivity contribution >= 4 is 5.97 Å². The highest BCUT2D eigenvalue weighted by molar-refractivity contribution is 5.70. The Bertz CT molecular complexity index is 499. The predicted octanol–water partition coefficient (Wildman–Crippen LogP) is 3.54. The van der Waals surface area contributed by atoms with Gasteiger partial charge < -0.3 is 9.84 Å². The monoisotopic (exact) mass is 306 g/mol. The highest BCUT2D eigenvalue weighted by Gasteiger charge is 2.63. The number of ether oxygens (including phenoxy) is 1. The minimum absolute atomic E-state index is 0.00497. The summed E-state index contributed by atoms with van der Waals surface area (Å²) in [6.07, 6.45) is 7.48. The second-order valence-electron chi connectivity index (χ2n) is 9.29. The van der Waals surface area contributed by atoms with Gasteiger partial charge in [-0.2, -0.15) is 0 Å². The van der Waals surface area contributed by atoms with Crippen LogP contribution in [0.4, 0.5) is 0 Å². The van der Waals surface area contributed by atoms with Crippen LogP contribution in [0.2, 0.25) is 0 Å². The molecule has 4 rings (SSSR count). The summed E-state index contributed by atoms with van der Waals surface area (Å²) in [4.78, 5) is 11.7. The zero-order valence-electron chi connectivity index (χ0n) is 14.2. The molecule has 0 spiro atoms. The summed E-state index contributed by atoms with van der Waals surface area (Å²) in [6.45, 7) is 7.38. The minimum atomic E-state index is -0.501. The number of fused-ring (bicyclic) bond motifs is 5. The number of cyclic esters (lactones) is 1. The van der Waals surface area contributed by atoms with E-state index in [4.69, 9.17) is 4.74 Å². The molecule has 0 radical (unpaired) electrons. The first-order valence-corrected chi connectivity index (χ1v) is 9.16. The summed E-state index contributed by atoms with van der Waals surface area (Å²) >= 11 is 0. The maximum Gasteiger partial charge on any atom is 0.306 e. The highest BCUT2D eigenvalue weighted by atomic mass is 16.5. The Morgan fingerprint density at radius 3 is 2.55 bits per heavy atom. The number of rotatable bonds is 0. The summed E-state index contributed by atoms with van der Waals surface area (Å²) in [7, 11) is 0. The van der Waals surface area contributed by atoms with Crippen LogP contribution in [-0.4, -0.2) is 23.3 Å². The van der Waals surface area contributed by atoms with E-state index in [9.17, 15) is 9.90 Å². The number of carbonyl (C=O) groups excluding carboxylic acids is 1. The molecule has 1 unspecified atom stereocenters. The van der Waals surface area contributed by atoms with Gasteiger partial charge in [-0.05, 0) is 74.5 Å². The van der Waals surface area contributed by atoms with Gasteiger partial charge in [0, 0.05) is 11.8 Å². The zero-order chi connectivity index (χ0) is 15.8. The minimum Gasteiger partial charge on any atom is -0.465 e. The van der Waals surface area contributed by atoms with E-state index in [1.807, 2.05) is 0 Å². The normalized spacial score (nSPS) is 57.5. The van der Waals surface area contributed by atoms with Crippen molar-refractivity contribution in [1.82, 2.24) is 0 Å². The van der Waals surface area contributed by atoms with Crippen molar-refractivity contribution in [2.45, 2.75) is 71.3 Å². The first kappa shape index (κ1) is 15.0. The highest BCUT2D eigenvalue weighted by Crippen LogP contribution is 2.67. The Morgan fingerprint density at radius 1 is 1.05 bits per heavy atom. The average molecular weight is 306 g/mol. The molecule has 3 nitrogen and oxygen atoms in total. The maximum atomic E-state index is 11.7. The molecule has 1 saturated heterocycles. The van der Waals surface area contributed by atoms with Crippen LogP contribution in [0.15, 0.2) is 0 Å². The van der Waals surface area contributed by atoms with Crippen LogP contribution in [0.1, 0.15) is 65.7 Å². The number of esters is 1. The molecular weight excluding hydrogens is 276 g/mol. The average Bonchev–Trinajstić information content (AvgIpc) is 2.70. The van der Waals surface area contributed by atoms with Crippen LogP contribution >= 0.6 is 0 Å². The van der Waals surface area contributed by atoms with Gasteiger partial charge in [0.2, 0.25) is 0 Å². The third kappa shape index (κ3) is 1.75. The van der Waals surface area contributed by atoms with Crippen molar-refractivity contribution in [3.05, 3.63) is 0 Å². The molecule has 7 atom stereocenters. The van der Waals surface area contributed by atoms with E-state index in [1.165, 1.54) is 25.7 Å². The van der Waals surface area contributed by atoms with Gasteiger partial charge >= 0.3 is 5.97 Å². The van der Waals surface area contributed by atoms with E-state index in [0.29, 0.717) is 36.7 Å². The summed E-state index contributed by atoms with van der Waals surface area (Å²) in [5.41, 5.74) is -0.241. The van der Waals surface area contributed by atoms with Crippen molar-refractivity contribution in [2.24, 2.45) is 34.5 Å². The van der Waals surface area contributed by atoms with Crippen LogP contribution in [0, 0.1) is 34.5 Å². The van der Waals surface area contributed by atoms with Gasteiger partial charge in [0.05, 0.1) is 12.2 Å². The van der Waals surface area contributed by atoms with Gasteiger partial charge in [-0.25, -0.2) is 0 Å². The first-order chi connectivity index (χ1) is 10.3. The van der Waals surface area contributed by atoms with Crippen molar-refractivity contribution in [2.75, 3.05) is 6.61 Å². The van der Waals surface area contributed by atoms with Gasteiger partial charge in [-0.3, -0.25) is 4.79 Å². The maximum absolute atomic E-state index is 11.7. The Balaban J connectivity index is 1.65. The Hall–Kier alpha value is -0.570. The fourth-order valence-electron chi connectivity index (χ4n) is 6.83. The van der Waals surface area contributed by atoms with E-state index in [2.05, 4.69) is 20.8 Å². The van der Waals surface area contributed by atoms with Gasteiger partial charge in [-0.15, -0.1) is 0 Å². The summed E-state index contributed by atoms with van der Waals surface area (Å²) in [5, 5.41) is 10.9. The fourth-order valence-corrected chi connectivity index (χ4v) is 6.83. The van der Waals surface area contributed by atoms with E-state index in [0.717, 1.165) is 12.8 Å². The molecule has 3 saturated carbocycles. The Kier molecular flexibility index (Phi) is 3.06. The van der Waals surface area contributed by atoms with E-state index in [-0.39, 0.29) is 16.8 Å². The smallest absolute Gasteiger partial charge is 0.306 e. The van der Waals surface area contributed by atoms with Gasteiger partial charge in [0.1, 0.15) is 0 Å². The van der Waals surface area contributed by atoms with E-state index >= 15 is 0 Å². The molecule has 1 aliphatic heterocycles. The van der Waals surface area contributed by atoms with Gasteiger partial charge in [0.25, 0.3) is 0 Å². The second-order valence-corrected chi connectivity index (χ2v) is 9.29. The molecule has 1 N–H and O–H groups in total. The van der Waals surface area contributed by atoms with E-state index in [1.54, 1.807) is 0 Å². The number of hydrogen-bond donors (Lipinski definition) is 1. The molecule has 22 heavy (non-hydrogen) atoms. The Labute approximate surface area is 133 Å². The number of aliphatic hydroxyl groups is 1. The van der Waals surface area contributed by atoms with Crippen LogP contribution in [0.3, 0.4) is 0 Å². The van der Waals surface area contributed by atoms with Crippen molar-refractivity contribution in [3.63, 3.8) is 0 Å². The summed E-state index contributed by atoms with van der Waals surface area (Å²) in [5.74, 6) is 2.56. The van der Waals surface area contributed by atoms with E-state index < -0.39 is 5.60 Å². The quantitative estimate of drug-likeness (QED) is 0.696. The molecule has 0 aromatic carbocycles. The molecular formula is C19H30O3. The third-order valence-corrected chi connectivity index (χ3v) is 8.58. The number of carbonyl (C=O) groups is 1. The molecule has 3 heteroatoms. The lowest BCUT2D eigenvalue weighted by atomic mass is 9.46. The molecule has 3 aliphatic carbocycles. The molecule has 0 aromatic rings. The lowest BCUT2D eigenvalue weighted by Crippen LogP contribution is -2.57. The standard InChI is InChI=1S/C19H30O3/c1-17-11-22-16(20)10-12(17)4-5-13-14(17)6-8-18(2)15(13)7-9-19(18,3)21/h12-15,21H,4-11H2,1-3H3/t12?,13-,14+,15+,17+,18+,19+/m1/s1. The SMILES string of the molecule is C[C@]12COC(=O)CC1CC[C@@H]1[C@@H]2CC[C@@]2(C)[C@H]1CC[C@]2(C)O. The van der Waals surface area contributed by atoms with Gasteiger partial charge in [-0.1, -0.05) is 13.8 Å². The summed E-state index contributed by atoms with van der Waals surface area (Å²) in [6, 6.07) is 0. The number of hydrogen-bond acceptors (Lipinski definition) is 3. The fraction of sp³-hybridized carbons (Fsp3) is 0.947. The molecule has 0 amide bonds.